The van der Waals surface area contributed by atoms with Crippen molar-refractivity contribution < 1.29 is 0 Å². The van der Waals surface area contributed by atoms with Crippen molar-refractivity contribution >= 4 is 34.7 Å². The predicted octanol–water partition coefficient (Wildman–Crippen LogP) is 3.87. The topological polar surface area (TPSA) is 43.8 Å². The fraction of sp³-hybridized carbons (Fsp3) is 0. The van der Waals surface area contributed by atoms with Crippen molar-refractivity contribution in [2.45, 2.75) is 9.79 Å². The molecule has 2 aromatic heterocycles. The standard InChI is InChI=1S/C15H13N3S/c1-2-18-10-14(13-4-3-9-17-15(13)18)19-12-7-5-11(16)6-8-12/h2-10H,1,16H2. The number of fused-ring (bicyclic) bond motifs is 1. The summed E-state index contributed by atoms with van der Waals surface area (Å²) < 4.78 is 1.94. The van der Waals surface area contributed by atoms with Crippen LogP contribution in [-0.4, -0.2) is 9.55 Å². The van der Waals surface area contributed by atoms with E-state index in [1.54, 1.807) is 24.2 Å². The van der Waals surface area contributed by atoms with Crippen molar-refractivity contribution in [3.05, 3.63) is 55.4 Å². The van der Waals surface area contributed by atoms with Crippen LogP contribution in [0.2, 0.25) is 0 Å². The highest BCUT2D eigenvalue weighted by Gasteiger charge is 2.08. The molecule has 0 amide bonds. The molecular weight excluding hydrogens is 254 g/mol. The molecule has 3 nitrogen and oxygen atoms in total. The molecule has 0 atom stereocenters. The molecule has 0 saturated carbocycles. The molecule has 0 fully saturated rings. The van der Waals surface area contributed by atoms with Gasteiger partial charge in [0.15, 0.2) is 0 Å². The Labute approximate surface area is 115 Å². The van der Waals surface area contributed by atoms with E-state index in [1.807, 2.05) is 41.1 Å². The summed E-state index contributed by atoms with van der Waals surface area (Å²) in [4.78, 5) is 6.70. The maximum Gasteiger partial charge on any atom is 0.145 e. The summed E-state index contributed by atoms with van der Waals surface area (Å²) >= 11 is 1.70. The number of aromatic nitrogens is 2. The highest BCUT2D eigenvalue weighted by Crippen LogP contribution is 2.34. The lowest BCUT2D eigenvalue weighted by atomic mass is 10.3. The third kappa shape index (κ3) is 2.22. The zero-order valence-electron chi connectivity index (χ0n) is 10.3. The number of nitrogen functional groups attached to an aromatic ring is 1. The van der Waals surface area contributed by atoms with Crippen LogP contribution in [0.15, 0.2) is 65.2 Å². The Morgan fingerprint density at radius 2 is 2.00 bits per heavy atom. The molecule has 0 aliphatic heterocycles. The lowest BCUT2D eigenvalue weighted by Crippen LogP contribution is -1.83. The summed E-state index contributed by atoms with van der Waals surface area (Å²) in [5.41, 5.74) is 7.40. The minimum absolute atomic E-state index is 0.777. The number of rotatable bonds is 3. The minimum atomic E-state index is 0.777. The van der Waals surface area contributed by atoms with Gasteiger partial charge in [0, 0.05) is 39.5 Å². The van der Waals surface area contributed by atoms with Crippen LogP contribution >= 0.6 is 11.8 Å². The maximum atomic E-state index is 5.70. The SMILES string of the molecule is C=Cn1cc(Sc2ccc(N)cc2)c2cccnc21. The lowest BCUT2D eigenvalue weighted by Gasteiger charge is -2.00. The Kier molecular flexibility index (Phi) is 3.01. The second kappa shape index (κ2) is 4.82. The Balaban J connectivity index is 2.05. The Hall–Kier alpha value is -2.20. The summed E-state index contributed by atoms with van der Waals surface area (Å²) in [5, 5.41) is 1.13. The molecule has 3 aromatic rings. The molecule has 0 unspecified atom stereocenters. The predicted molar refractivity (Wildman–Crippen MR) is 81.1 cm³/mol. The van der Waals surface area contributed by atoms with Gasteiger partial charge >= 0.3 is 0 Å². The Morgan fingerprint density at radius 1 is 1.21 bits per heavy atom. The summed E-state index contributed by atoms with van der Waals surface area (Å²) in [6, 6.07) is 11.9. The van der Waals surface area contributed by atoms with Crippen molar-refractivity contribution in [2.75, 3.05) is 5.73 Å². The minimum Gasteiger partial charge on any atom is -0.399 e. The van der Waals surface area contributed by atoms with Crippen LogP contribution in [-0.2, 0) is 0 Å². The lowest BCUT2D eigenvalue weighted by molar-refractivity contribution is 1.16. The fourth-order valence-corrected chi connectivity index (χ4v) is 2.90. The van der Waals surface area contributed by atoms with Gasteiger partial charge in [-0.15, -0.1) is 0 Å². The number of hydrogen-bond donors (Lipinski definition) is 1. The smallest absolute Gasteiger partial charge is 0.145 e. The number of nitrogens with zero attached hydrogens (tertiary/aromatic N) is 2. The van der Waals surface area contributed by atoms with E-state index in [4.69, 9.17) is 5.73 Å². The van der Waals surface area contributed by atoms with E-state index in [0.29, 0.717) is 0 Å². The van der Waals surface area contributed by atoms with E-state index < -0.39 is 0 Å². The molecule has 4 heteroatoms. The number of hydrogen-bond acceptors (Lipinski definition) is 3. The fourth-order valence-electron chi connectivity index (χ4n) is 1.94. The van der Waals surface area contributed by atoms with Crippen LogP contribution < -0.4 is 5.73 Å². The van der Waals surface area contributed by atoms with E-state index in [-0.39, 0.29) is 0 Å². The monoisotopic (exact) mass is 267 g/mol. The average Bonchev–Trinajstić information content (AvgIpc) is 2.80. The summed E-state index contributed by atoms with van der Waals surface area (Å²) in [6.07, 6.45) is 5.61. The third-order valence-corrected chi connectivity index (χ3v) is 3.91. The molecule has 0 spiro atoms. The molecule has 0 saturated heterocycles. The normalized spacial score (nSPS) is 10.7. The largest absolute Gasteiger partial charge is 0.399 e. The molecular formula is C15H13N3S. The van der Waals surface area contributed by atoms with E-state index in [1.165, 1.54) is 0 Å². The highest BCUT2D eigenvalue weighted by molar-refractivity contribution is 7.99. The molecule has 0 radical (unpaired) electrons. The van der Waals surface area contributed by atoms with Gasteiger partial charge in [-0.3, -0.25) is 0 Å². The highest BCUT2D eigenvalue weighted by atomic mass is 32.2. The van der Waals surface area contributed by atoms with Gasteiger partial charge in [0.2, 0.25) is 0 Å². The van der Waals surface area contributed by atoms with Crippen molar-refractivity contribution in [1.82, 2.24) is 9.55 Å². The Morgan fingerprint density at radius 3 is 2.74 bits per heavy atom. The van der Waals surface area contributed by atoms with Gasteiger partial charge in [0.25, 0.3) is 0 Å². The number of pyridine rings is 1. The van der Waals surface area contributed by atoms with Gasteiger partial charge in [-0.25, -0.2) is 4.98 Å². The van der Waals surface area contributed by atoms with Crippen LogP contribution in [0.4, 0.5) is 5.69 Å². The van der Waals surface area contributed by atoms with Crippen LogP contribution in [0.25, 0.3) is 17.2 Å². The van der Waals surface area contributed by atoms with Gasteiger partial charge in [0.1, 0.15) is 5.65 Å². The van der Waals surface area contributed by atoms with E-state index in [0.717, 1.165) is 26.5 Å². The van der Waals surface area contributed by atoms with E-state index >= 15 is 0 Å². The molecule has 0 bridgehead atoms. The van der Waals surface area contributed by atoms with Crippen molar-refractivity contribution in [1.29, 1.82) is 0 Å². The molecule has 0 aliphatic rings. The summed E-state index contributed by atoms with van der Waals surface area (Å²) in [5.74, 6) is 0. The second-order valence-electron chi connectivity index (χ2n) is 4.13. The second-order valence-corrected chi connectivity index (χ2v) is 5.24. The van der Waals surface area contributed by atoms with Crippen LogP contribution in [0, 0.1) is 0 Å². The molecule has 19 heavy (non-hydrogen) atoms. The van der Waals surface area contributed by atoms with Crippen LogP contribution in [0.1, 0.15) is 0 Å². The van der Waals surface area contributed by atoms with Gasteiger partial charge < -0.3 is 10.3 Å². The van der Waals surface area contributed by atoms with Crippen molar-refractivity contribution in [2.24, 2.45) is 0 Å². The first-order valence-corrected chi connectivity index (χ1v) is 6.71. The van der Waals surface area contributed by atoms with Crippen LogP contribution in [0.5, 0.6) is 0 Å². The molecule has 1 aromatic carbocycles. The zero-order chi connectivity index (χ0) is 13.2. The molecule has 3 rings (SSSR count). The van der Waals surface area contributed by atoms with E-state index in [2.05, 4.69) is 17.6 Å². The molecule has 0 aliphatic carbocycles. The maximum absolute atomic E-state index is 5.70. The van der Waals surface area contributed by atoms with Gasteiger partial charge in [-0.2, -0.15) is 0 Å². The summed E-state index contributed by atoms with van der Waals surface area (Å²) in [6.45, 7) is 3.81. The molecule has 2 N–H and O–H groups in total. The zero-order valence-corrected chi connectivity index (χ0v) is 11.1. The van der Waals surface area contributed by atoms with E-state index in [9.17, 15) is 0 Å². The van der Waals surface area contributed by atoms with Gasteiger partial charge in [-0.05, 0) is 36.4 Å². The average molecular weight is 267 g/mol. The van der Waals surface area contributed by atoms with Gasteiger partial charge in [0.05, 0.1) is 0 Å². The number of nitrogens with two attached hydrogens (primary N) is 1. The first-order chi connectivity index (χ1) is 9.28. The van der Waals surface area contributed by atoms with Gasteiger partial charge in [-0.1, -0.05) is 18.3 Å². The summed E-state index contributed by atoms with van der Waals surface area (Å²) in [7, 11) is 0. The molecule has 2 heterocycles. The van der Waals surface area contributed by atoms with Crippen LogP contribution in [0.3, 0.4) is 0 Å². The first-order valence-electron chi connectivity index (χ1n) is 5.89. The molecule has 94 valence electrons. The first kappa shape index (κ1) is 11.9. The van der Waals surface area contributed by atoms with Crippen molar-refractivity contribution in [3.8, 4) is 0 Å². The number of anilines is 1. The quantitative estimate of drug-likeness (QED) is 0.733. The third-order valence-electron chi connectivity index (χ3n) is 2.86. The number of benzene rings is 1. The Bertz CT molecular complexity index is 729. The van der Waals surface area contributed by atoms with Crippen molar-refractivity contribution in [3.63, 3.8) is 0 Å².